The van der Waals surface area contributed by atoms with Crippen molar-refractivity contribution in [3.05, 3.63) is 216 Å². The number of benzene rings is 8. The highest BCUT2D eigenvalue weighted by atomic mass is 32.2. The van der Waals surface area contributed by atoms with Gasteiger partial charge in [-0.1, -0.05) is 163 Å². The van der Waals surface area contributed by atoms with Crippen LogP contribution in [0.2, 0.25) is 0 Å². The molecule has 0 bridgehead atoms. The Bertz CT molecular complexity index is 3430. The molecule has 0 aliphatic carbocycles. The average molecular weight is 757 g/mol. The number of fused-ring (bicyclic) bond motifs is 14. The van der Waals surface area contributed by atoms with E-state index in [0.29, 0.717) is 5.95 Å². The maximum Gasteiger partial charge on any atom is 0.235 e. The Morgan fingerprint density at radius 3 is 1.69 bits per heavy atom. The fourth-order valence-corrected chi connectivity index (χ4v) is 11.3. The van der Waals surface area contributed by atoms with Gasteiger partial charge in [0.25, 0.3) is 0 Å². The summed E-state index contributed by atoms with van der Waals surface area (Å²) in [7, 11) is 0. The molecule has 8 aromatic carbocycles. The zero-order valence-electron chi connectivity index (χ0n) is 31.2. The van der Waals surface area contributed by atoms with E-state index >= 15 is 0 Å². The monoisotopic (exact) mass is 756 g/mol. The Hall–Kier alpha value is -7.21. The minimum Gasteiger partial charge on any atom is -0.309 e. The van der Waals surface area contributed by atoms with Crippen molar-refractivity contribution in [2.24, 2.45) is 0 Å². The molecule has 1 spiro atoms. The summed E-state index contributed by atoms with van der Waals surface area (Å²) >= 11 is 1.87. The molecule has 1 unspecified atom stereocenters. The third-order valence-electron chi connectivity index (χ3n) is 12.4. The fourth-order valence-electron chi connectivity index (χ4n) is 10.0. The van der Waals surface area contributed by atoms with Gasteiger partial charge in [-0.05, 0) is 64.7 Å². The number of aromatic nitrogens is 4. The zero-order chi connectivity index (χ0) is 38.0. The molecule has 2 aliphatic heterocycles. The van der Waals surface area contributed by atoms with Crippen molar-refractivity contribution in [1.29, 1.82) is 0 Å². The molecular formula is C53H32N4S. The lowest BCUT2D eigenvalue weighted by Gasteiger charge is -2.45. The van der Waals surface area contributed by atoms with E-state index in [0.717, 1.165) is 33.5 Å². The van der Waals surface area contributed by atoms with Crippen LogP contribution in [0, 0.1) is 0 Å². The van der Waals surface area contributed by atoms with Crippen LogP contribution in [0.3, 0.4) is 0 Å². The van der Waals surface area contributed by atoms with E-state index in [1.54, 1.807) is 0 Å². The Labute approximate surface area is 338 Å². The van der Waals surface area contributed by atoms with Gasteiger partial charge >= 0.3 is 0 Å². The lowest BCUT2D eigenvalue weighted by molar-refractivity contribution is 0.691. The van der Waals surface area contributed by atoms with Crippen LogP contribution in [0.5, 0.6) is 0 Å². The van der Waals surface area contributed by atoms with Crippen molar-refractivity contribution in [1.82, 2.24) is 19.1 Å². The van der Waals surface area contributed by atoms with Crippen molar-refractivity contribution < 1.29 is 0 Å². The first-order chi connectivity index (χ1) is 28.8. The highest BCUT2D eigenvalue weighted by Gasteiger charge is 2.49. The average Bonchev–Trinajstić information content (AvgIpc) is 3.81. The van der Waals surface area contributed by atoms with Gasteiger partial charge in [-0.3, -0.25) is 4.57 Å². The van der Waals surface area contributed by atoms with E-state index in [2.05, 4.69) is 191 Å². The zero-order valence-corrected chi connectivity index (χ0v) is 32.0. The van der Waals surface area contributed by atoms with Gasteiger partial charge in [0.2, 0.25) is 5.95 Å². The van der Waals surface area contributed by atoms with Crippen LogP contribution < -0.4 is 0 Å². The second-order valence-electron chi connectivity index (χ2n) is 15.3. The topological polar surface area (TPSA) is 35.6 Å². The number of para-hydroxylation sites is 4. The SMILES string of the molecule is c1ccc(-c2cc(-c3ccccc3)nc(-n3c4ccccc4c4cc5c(cc43)Sc3ccccc3C53c4ccccc4-n4c5ccccc5c5cccc3c54)n2)cc1. The van der Waals surface area contributed by atoms with Crippen molar-refractivity contribution in [2.45, 2.75) is 15.2 Å². The number of nitrogens with zero attached hydrogens (tertiary/aromatic N) is 4. The molecule has 0 amide bonds. The van der Waals surface area contributed by atoms with E-state index in [-0.39, 0.29) is 0 Å². The van der Waals surface area contributed by atoms with Crippen LogP contribution in [0.25, 0.3) is 77.8 Å². The minimum absolute atomic E-state index is 0.570. The lowest BCUT2D eigenvalue weighted by atomic mass is 9.62. The van der Waals surface area contributed by atoms with Gasteiger partial charge in [0.05, 0.1) is 44.6 Å². The molecule has 3 aromatic heterocycles. The largest absolute Gasteiger partial charge is 0.309 e. The molecule has 5 heteroatoms. The molecule has 58 heavy (non-hydrogen) atoms. The van der Waals surface area contributed by atoms with Crippen LogP contribution in [0.4, 0.5) is 0 Å². The standard InChI is InChI=1S/C53H32N4S/c1-3-16-33(17-4-1)43-31-44(34-18-5-2-6-19-34)55-52(54-43)57-46-27-12-8-21-36(46)38-30-42-50(32-48(38)57)58-49-29-14-10-24-40(49)53(42)39-23-9-13-28-47(39)56-45-26-11-7-20-35(45)37-22-15-25-41(53)51(37)56/h1-32H. The van der Waals surface area contributed by atoms with Crippen molar-refractivity contribution in [2.75, 3.05) is 0 Å². The van der Waals surface area contributed by atoms with E-state index in [4.69, 9.17) is 9.97 Å². The molecule has 1 atom stereocenters. The third-order valence-corrected chi connectivity index (χ3v) is 13.5. The summed E-state index contributed by atoms with van der Waals surface area (Å²) in [4.78, 5) is 13.2. The molecule has 0 radical (unpaired) electrons. The number of hydrogen-bond donors (Lipinski definition) is 0. The molecule has 13 rings (SSSR count). The van der Waals surface area contributed by atoms with E-state index in [9.17, 15) is 0 Å². The van der Waals surface area contributed by atoms with Crippen LogP contribution in [-0.2, 0) is 5.41 Å². The predicted molar refractivity (Wildman–Crippen MR) is 238 cm³/mol. The van der Waals surface area contributed by atoms with E-state index in [1.807, 2.05) is 23.9 Å². The summed E-state index contributed by atoms with van der Waals surface area (Å²) in [5, 5.41) is 4.91. The van der Waals surface area contributed by atoms with Gasteiger partial charge in [-0.2, -0.15) is 0 Å². The van der Waals surface area contributed by atoms with Crippen LogP contribution in [0.15, 0.2) is 204 Å². The maximum atomic E-state index is 5.35. The maximum absolute atomic E-state index is 5.35. The smallest absolute Gasteiger partial charge is 0.235 e. The van der Waals surface area contributed by atoms with Gasteiger partial charge in [-0.25, -0.2) is 9.97 Å². The van der Waals surface area contributed by atoms with Gasteiger partial charge in [0.15, 0.2) is 0 Å². The Morgan fingerprint density at radius 1 is 0.379 bits per heavy atom. The van der Waals surface area contributed by atoms with Gasteiger partial charge in [0, 0.05) is 42.5 Å². The second kappa shape index (κ2) is 11.9. The molecular weight excluding hydrogens is 725 g/mol. The highest BCUT2D eigenvalue weighted by Crippen LogP contribution is 2.61. The first-order valence-corrected chi connectivity index (χ1v) is 20.6. The molecule has 0 saturated heterocycles. The lowest BCUT2D eigenvalue weighted by Crippen LogP contribution is -2.37. The highest BCUT2D eigenvalue weighted by molar-refractivity contribution is 7.99. The van der Waals surface area contributed by atoms with Gasteiger partial charge < -0.3 is 4.57 Å². The summed E-state index contributed by atoms with van der Waals surface area (Å²) in [5.74, 6) is 0.652. The van der Waals surface area contributed by atoms with Crippen LogP contribution in [0.1, 0.15) is 22.3 Å². The van der Waals surface area contributed by atoms with E-state index < -0.39 is 5.41 Å². The Balaban J connectivity index is 1.16. The van der Waals surface area contributed by atoms with Gasteiger partial charge in [0.1, 0.15) is 0 Å². The molecule has 0 N–H and O–H groups in total. The Kier molecular flexibility index (Phi) is 6.55. The van der Waals surface area contributed by atoms with Crippen molar-refractivity contribution in [3.63, 3.8) is 0 Å². The van der Waals surface area contributed by atoms with E-state index in [1.165, 1.54) is 70.3 Å². The molecule has 5 heterocycles. The number of hydrogen-bond acceptors (Lipinski definition) is 3. The Morgan fingerprint density at radius 2 is 0.948 bits per heavy atom. The molecule has 2 aliphatic rings. The first-order valence-electron chi connectivity index (χ1n) is 19.8. The van der Waals surface area contributed by atoms with Crippen molar-refractivity contribution >= 4 is 55.4 Å². The summed E-state index contributed by atoms with van der Waals surface area (Å²) in [6.07, 6.45) is 0. The molecule has 270 valence electrons. The summed E-state index contributed by atoms with van der Waals surface area (Å²) in [5.41, 5.74) is 14.4. The summed E-state index contributed by atoms with van der Waals surface area (Å²) < 4.78 is 4.79. The predicted octanol–water partition coefficient (Wildman–Crippen LogP) is 13.2. The van der Waals surface area contributed by atoms with Gasteiger partial charge in [-0.15, -0.1) is 0 Å². The van der Waals surface area contributed by atoms with Crippen molar-refractivity contribution in [3.8, 4) is 34.2 Å². The number of rotatable bonds is 3. The summed E-state index contributed by atoms with van der Waals surface area (Å²) in [6.45, 7) is 0. The third kappa shape index (κ3) is 4.20. The minimum atomic E-state index is -0.570. The van der Waals surface area contributed by atoms with Crippen LogP contribution in [-0.4, -0.2) is 19.1 Å². The normalized spacial score (nSPS) is 15.2. The molecule has 11 aromatic rings. The van der Waals surface area contributed by atoms with Crippen LogP contribution >= 0.6 is 11.8 Å². The molecule has 4 nitrogen and oxygen atoms in total. The second-order valence-corrected chi connectivity index (χ2v) is 16.4. The molecule has 0 saturated carbocycles. The quantitative estimate of drug-likeness (QED) is 0.180. The summed E-state index contributed by atoms with van der Waals surface area (Å²) in [6, 6.07) is 70.6. The first kappa shape index (κ1) is 31.9. The fraction of sp³-hybridized carbons (Fsp3) is 0.0189. The molecule has 0 fully saturated rings.